The van der Waals surface area contributed by atoms with Gasteiger partial charge < -0.3 is 19.5 Å². The van der Waals surface area contributed by atoms with Gasteiger partial charge in [-0.25, -0.2) is 4.79 Å². The second-order valence-corrected chi connectivity index (χ2v) is 6.04. The van der Waals surface area contributed by atoms with Crippen LogP contribution in [0.15, 0.2) is 24.3 Å². The minimum absolute atomic E-state index is 0.0662. The first-order chi connectivity index (χ1) is 10.9. The summed E-state index contributed by atoms with van der Waals surface area (Å²) in [5.41, 5.74) is 1.53. The van der Waals surface area contributed by atoms with Gasteiger partial charge in [0.2, 0.25) is 0 Å². The summed E-state index contributed by atoms with van der Waals surface area (Å²) in [6.45, 7) is 6.66. The second kappa shape index (κ2) is 7.57. The van der Waals surface area contributed by atoms with E-state index in [1.807, 2.05) is 26.0 Å². The van der Waals surface area contributed by atoms with Crippen molar-refractivity contribution in [2.45, 2.75) is 45.7 Å². The van der Waals surface area contributed by atoms with Crippen LogP contribution in [0.1, 0.15) is 36.7 Å². The first-order valence-corrected chi connectivity index (χ1v) is 7.75. The third-order valence-corrected chi connectivity index (χ3v) is 3.61. The number of benzene rings is 1. The number of nitrogens with zero attached hydrogens (tertiary/aromatic N) is 1. The van der Waals surface area contributed by atoms with Gasteiger partial charge in [0.25, 0.3) is 5.91 Å². The van der Waals surface area contributed by atoms with Gasteiger partial charge in [-0.1, -0.05) is 12.1 Å². The quantitative estimate of drug-likeness (QED) is 0.897. The van der Waals surface area contributed by atoms with Gasteiger partial charge in [0, 0.05) is 12.1 Å². The molecule has 0 saturated carbocycles. The summed E-state index contributed by atoms with van der Waals surface area (Å²) >= 11 is 0. The number of rotatable bonds is 5. The van der Waals surface area contributed by atoms with Crippen molar-refractivity contribution in [1.29, 1.82) is 0 Å². The lowest BCUT2D eigenvalue weighted by Crippen LogP contribution is -2.51. The molecule has 1 fully saturated rings. The minimum Gasteiger partial charge on any atom is -0.479 e. The highest BCUT2D eigenvalue weighted by atomic mass is 16.5. The maximum Gasteiger partial charge on any atom is 0.334 e. The number of morpholine rings is 1. The van der Waals surface area contributed by atoms with Gasteiger partial charge in [0.05, 0.1) is 25.4 Å². The summed E-state index contributed by atoms with van der Waals surface area (Å²) in [4.78, 5) is 25.2. The molecular weight excluding hydrogens is 298 g/mol. The first-order valence-electron chi connectivity index (χ1n) is 7.75. The Bertz CT molecular complexity index is 555. The van der Waals surface area contributed by atoms with Crippen LogP contribution in [0.2, 0.25) is 0 Å². The maximum absolute atomic E-state index is 12.5. The van der Waals surface area contributed by atoms with Crippen molar-refractivity contribution in [2.75, 3.05) is 13.1 Å². The number of ether oxygens (including phenoxy) is 2. The summed E-state index contributed by atoms with van der Waals surface area (Å²) in [5.74, 6) is -1.22. The van der Waals surface area contributed by atoms with E-state index in [9.17, 15) is 9.59 Å². The Kier molecular flexibility index (Phi) is 5.74. The molecule has 1 aromatic rings. The molecule has 1 aliphatic rings. The van der Waals surface area contributed by atoms with E-state index < -0.39 is 12.1 Å². The van der Waals surface area contributed by atoms with Crippen LogP contribution in [-0.4, -0.2) is 53.3 Å². The molecule has 1 amide bonds. The van der Waals surface area contributed by atoms with Crippen LogP contribution in [0.3, 0.4) is 0 Å². The molecule has 0 spiro atoms. The summed E-state index contributed by atoms with van der Waals surface area (Å²) in [7, 11) is 0. The Morgan fingerprint density at radius 2 is 1.96 bits per heavy atom. The molecule has 2 atom stereocenters. The van der Waals surface area contributed by atoms with Gasteiger partial charge in [-0.3, -0.25) is 4.79 Å². The second-order valence-electron chi connectivity index (χ2n) is 6.04. The Morgan fingerprint density at radius 1 is 1.30 bits per heavy atom. The van der Waals surface area contributed by atoms with Crippen molar-refractivity contribution in [2.24, 2.45) is 0 Å². The molecule has 1 heterocycles. The van der Waals surface area contributed by atoms with Gasteiger partial charge in [-0.05, 0) is 38.5 Å². The van der Waals surface area contributed by atoms with E-state index in [4.69, 9.17) is 14.6 Å². The van der Waals surface area contributed by atoms with Crippen molar-refractivity contribution < 1.29 is 24.2 Å². The standard InChI is InChI=1S/C17H23NO5/c1-11(2)22-10-13-4-6-14(7-5-13)16(19)18-8-12(3)23-15(9-18)17(20)21/h4-7,11-12,15H,8-10H2,1-3H3,(H,20,21)/t12-,15?/m1/s1. The zero-order valence-corrected chi connectivity index (χ0v) is 13.7. The number of carbonyl (C=O) groups excluding carboxylic acids is 1. The fourth-order valence-corrected chi connectivity index (χ4v) is 2.44. The molecule has 6 nitrogen and oxygen atoms in total. The van der Waals surface area contributed by atoms with E-state index >= 15 is 0 Å². The van der Waals surface area contributed by atoms with Crippen molar-refractivity contribution in [3.63, 3.8) is 0 Å². The minimum atomic E-state index is -1.05. The van der Waals surface area contributed by atoms with E-state index in [-0.39, 0.29) is 24.7 Å². The number of carboxylic acid groups (broad SMARTS) is 1. The first kappa shape index (κ1) is 17.4. The average molecular weight is 321 g/mol. The van der Waals surface area contributed by atoms with Gasteiger partial charge in [-0.15, -0.1) is 0 Å². The van der Waals surface area contributed by atoms with Gasteiger partial charge in [0.15, 0.2) is 6.10 Å². The summed E-state index contributed by atoms with van der Waals surface area (Å²) in [5, 5.41) is 9.09. The van der Waals surface area contributed by atoms with Crippen LogP contribution >= 0.6 is 0 Å². The third-order valence-electron chi connectivity index (χ3n) is 3.61. The highest BCUT2D eigenvalue weighted by molar-refractivity contribution is 5.94. The summed E-state index contributed by atoms with van der Waals surface area (Å²) in [6.07, 6.45) is -1.12. The Morgan fingerprint density at radius 3 is 2.52 bits per heavy atom. The Hall–Kier alpha value is -1.92. The van der Waals surface area contributed by atoms with Crippen LogP contribution in [0.4, 0.5) is 0 Å². The molecule has 23 heavy (non-hydrogen) atoms. The van der Waals surface area contributed by atoms with Crippen LogP contribution in [-0.2, 0) is 20.9 Å². The average Bonchev–Trinajstić information content (AvgIpc) is 2.52. The fourth-order valence-electron chi connectivity index (χ4n) is 2.44. The van der Waals surface area contributed by atoms with E-state index in [0.29, 0.717) is 18.7 Å². The summed E-state index contributed by atoms with van der Waals surface area (Å²) in [6, 6.07) is 7.21. The molecule has 0 aromatic heterocycles. The number of hydrogen-bond donors (Lipinski definition) is 1. The van der Waals surface area contributed by atoms with Crippen molar-refractivity contribution in [3.8, 4) is 0 Å². The van der Waals surface area contributed by atoms with E-state index in [2.05, 4.69) is 0 Å². The predicted octanol–water partition coefficient (Wildman–Crippen LogP) is 1.93. The molecule has 1 unspecified atom stereocenters. The molecule has 1 N–H and O–H groups in total. The van der Waals surface area contributed by atoms with Crippen LogP contribution in [0.25, 0.3) is 0 Å². The molecule has 2 rings (SSSR count). The molecule has 1 aromatic carbocycles. The summed E-state index contributed by atoms with van der Waals surface area (Å²) < 4.78 is 10.8. The number of carboxylic acids is 1. The molecule has 0 radical (unpaired) electrons. The number of carbonyl (C=O) groups is 2. The monoisotopic (exact) mass is 321 g/mol. The third kappa shape index (κ3) is 4.77. The predicted molar refractivity (Wildman–Crippen MR) is 84.2 cm³/mol. The van der Waals surface area contributed by atoms with Crippen LogP contribution in [0, 0.1) is 0 Å². The maximum atomic E-state index is 12.5. The normalized spacial score (nSPS) is 21.5. The molecule has 1 saturated heterocycles. The van der Waals surface area contributed by atoms with Crippen molar-refractivity contribution in [1.82, 2.24) is 4.90 Å². The highest BCUT2D eigenvalue weighted by Crippen LogP contribution is 2.16. The number of hydrogen-bond acceptors (Lipinski definition) is 4. The van der Waals surface area contributed by atoms with Crippen molar-refractivity contribution >= 4 is 11.9 Å². The number of amides is 1. The zero-order valence-electron chi connectivity index (χ0n) is 13.7. The molecule has 0 aliphatic carbocycles. The van der Waals surface area contributed by atoms with E-state index in [1.54, 1.807) is 19.1 Å². The fraction of sp³-hybridized carbons (Fsp3) is 0.529. The van der Waals surface area contributed by atoms with E-state index in [0.717, 1.165) is 5.56 Å². The number of aliphatic carboxylic acids is 1. The molecule has 1 aliphatic heterocycles. The lowest BCUT2D eigenvalue weighted by molar-refractivity contribution is -0.160. The van der Waals surface area contributed by atoms with Crippen molar-refractivity contribution in [3.05, 3.63) is 35.4 Å². The van der Waals surface area contributed by atoms with Crippen LogP contribution < -0.4 is 0 Å². The smallest absolute Gasteiger partial charge is 0.334 e. The van der Waals surface area contributed by atoms with Gasteiger partial charge in [-0.2, -0.15) is 0 Å². The Balaban J connectivity index is 2.03. The SMILES string of the molecule is CC(C)OCc1ccc(C(=O)N2CC(C(=O)O)O[C@H](C)C2)cc1. The molecular formula is C17H23NO5. The topological polar surface area (TPSA) is 76.1 Å². The molecule has 126 valence electrons. The molecule has 6 heteroatoms. The highest BCUT2D eigenvalue weighted by Gasteiger charge is 2.32. The Labute approximate surface area is 136 Å². The lowest BCUT2D eigenvalue weighted by Gasteiger charge is -2.35. The van der Waals surface area contributed by atoms with Gasteiger partial charge >= 0.3 is 5.97 Å². The van der Waals surface area contributed by atoms with E-state index in [1.165, 1.54) is 4.90 Å². The lowest BCUT2D eigenvalue weighted by atomic mass is 10.1. The zero-order chi connectivity index (χ0) is 17.0. The van der Waals surface area contributed by atoms with Gasteiger partial charge in [0.1, 0.15) is 0 Å². The molecule has 0 bridgehead atoms. The van der Waals surface area contributed by atoms with Crippen LogP contribution in [0.5, 0.6) is 0 Å². The largest absolute Gasteiger partial charge is 0.479 e.